The molecule has 0 aromatic heterocycles. The highest BCUT2D eigenvalue weighted by Gasteiger charge is 2.15. The van der Waals surface area contributed by atoms with Gasteiger partial charge in [0.15, 0.2) is 0 Å². The number of carbonyl (C=O) groups is 1. The van der Waals surface area contributed by atoms with E-state index in [1.54, 1.807) is 37.3 Å². The van der Waals surface area contributed by atoms with Crippen LogP contribution in [-0.4, -0.2) is 5.91 Å². The maximum Gasteiger partial charge on any atom is 0.224 e. The molecule has 0 bridgehead atoms. The molecule has 2 rings (SSSR count). The number of amides is 1. The molecule has 2 aromatic rings. The van der Waals surface area contributed by atoms with Gasteiger partial charge in [0.1, 0.15) is 5.82 Å². The lowest BCUT2D eigenvalue weighted by molar-refractivity contribution is -0.119. The summed E-state index contributed by atoms with van der Waals surface area (Å²) in [6.45, 7) is 1.63. The largest absolute Gasteiger partial charge is 0.369 e. The highest BCUT2D eigenvalue weighted by atomic mass is 35.5. The van der Waals surface area contributed by atoms with Crippen molar-refractivity contribution in [3.63, 3.8) is 0 Å². The quantitative estimate of drug-likeness (QED) is 0.897. The minimum atomic E-state index is -0.540. The first-order valence-electron chi connectivity index (χ1n) is 5.93. The van der Waals surface area contributed by atoms with Gasteiger partial charge in [-0.05, 0) is 42.3 Å². The molecule has 0 aliphatic rings. The molecule has 2 nitrogen and oxygen atoms in total. The molecule has 1 amide bonds. The Labute approximate surface area is 126 Å². The average Bonchev–Trinajstić information content (AvgIpc) is 2.36. The molecule has 20 heavy (non-hydrogen) atoms. The van der Waals surface area contributed by atoms with Gasteiger partial charge in [-0.1, -0.05) is 35.3 Å². The zero-order valence-electron chi connectivity index (χ0n) is 10.7. The van der Waals surface area contributed by atoms with Gasteiger partial charge in [-0.3, -0.25) is 4.79 Å². The Hall–Kier alpha value is -1.58. The van der Waals surface area contributed by atoms with Crippen LogP contribution in [0.1, 0.15) is 18.4 Å². The van der Waals surface area contributed by atoms with Gasteiger partial charge in [0.2, 0.25) is 5.91 Å². The second kappa shape index (κ2) is 5.81. The van der Waals surface area contributed by atoms with E-state index in [0.717, 1.165) is 0 Å². The molecule has 0 saturated carbocycles. The number of nitrogens with two attached hydrogens (primary N) is 1. The average molecular weight is 312 g/mol. The van der Waals surface area contributed by atoms with E-state index in [9.17, 15) is 9.18 Å². The number of halogens is 3. The van der Waals surface area contributed by atoms with Gasteiger partial charge in [0.25, 0.3) is 0 Å². The zero-order valence-corrected chi connectivity index (χ0v) is 12.2. The zero-order chi connectivity index (χ0) is 14.9. The van der Waals surface area contributed by atoms with E-state index in [0.29, 0.717) is 26.7 Å². The summed E-state index contributed by atoms with van der Waals surface area (Å²) < 4.78 is 14.2. The van der Waals surface area contributed by atoms with Crippen LogP contribution >= 0.6 is 23.2 Å². The highest BCUT2D eigenvalue weighted by Crippen LogP contribution is 2.30. The minimum absolute atomic E-state index is 0.370. The maximum absolute atomic E-state index is 14.2. The van der Waals surface area contributed by atoms with Gasteiger partial charge in [-0.15, -0.1) is 0 Å². The second-order valence-corrected chi connectivity index (χ2v) is 5.39. The first-order chi connectivity index (χ1) is 9.38. The summed E-state index contributed by atoms with van der Waals surface area (Å²) in [6.07, 6.45) is 0. The molecule has 5 heteroatoms. The third-order valence-corrected chi connectivity index (χ3v) is 3.53. The number of primary amides is 1. The molecule has 0 radical (unpaired) electrons. The van der Waals surface area contributed by atoms with Gasteiger partial charge in [-0.25, -0.2) is 4.39 Å². The molecule has 0 unspecified atom stereocenters. The Morgan fingerprint density at radius 2 is 1.75 bits per heavy atom. The minimum Gasteiger partial charge on any atom is -0.369 e. The Balaban J connectivity index is 2.46. The Morgan fingerprint density at radius 3 is 2.25 bits per heavy atom. The predicted octanol–water partition coefficient (Wildman–Crippen LogP) is 4.39. The van der Waals surface area contributed by atoms with Gasteiger partial charge in [-0.2, -0.15) is 0 Å². The molecule has 0 fully saturated rings. The summed E-state index contributed by atoms with van der Waals surface area (Å²) in [5.74, 6) is -1.49. The molecular formula is C15H12Cl2FNO. The lowest BCUT2D eigenvalue weighted by atomic mass is 9.96. The number of carbonyl (C=O) groups excluding carboxylic acids is 1. The maximum atomic E-state index is 14.2. The van der Waals surface area contributed by atoms with Crippen molar-refractivity contribution < 1.29 is 9.18 Å². The summed E-state index contributed by atoms with van der Waals surface area (Å²) in [5.41, 5.74) is 6.70. The molecule has 0 saturated heterocycles. The van der Waals surface area contributed by atoms with Crippen LogP contribution in [-0.2, 0) is 4.79 Å². The third-order valence-electron chi connectivity index (χ3n) is 3.09. The topological polar surface area (TPSA) is 43.1 Å². The van der Waals surface area contributed by atoms with Crippen LogP contribution in [0.2, 0.25) is 10.0 Å². The van der Waals surface area contributed by atoms with Crippen LogP contribution in [0.3, 0.4) is 0 Å². The van der Waals surface area contributed by atoms with E-state index in [-0.39, 0.29) is 0 Å². The van der Waals surface area contributed by atoms with Gasteiger partial charge >= 0.3 is 0 Å². The van der Waals surface area contributed by atoms with Crippen LogP contribution < -0.4 is 5.73 Å². The van der Waals surface area contributed by atoms with Gasteiger partial charge in [0.05, 0.1) is 5.92 Å². The summed E-state index contributed by atoms with van der Waals surface area (Å²) in [6, 6.07) is 9.40. The molecule has 0 aliphatic heterocycles. The summed E-state index contributed by atoms with van der Waals surface area (Å²) in [4.78, 5) is 11.1. The molecule has 2 aromatic carbocycles. The predicted molar refractivity (Wildman–Crippen MR) is 79.5 cm³/mol. The monoisotopic (exact) mass is 311 g/mol. The number of rotatable bonds is 3. The van der Waals surface area contributed by atoms with Crippen LogP contribution in [0, 0.1) is 5.82 Å². The van der Waals surface area contributed by atoms with Crippen molar-refractivity contribution in [2.45, 2.75) is 12.8 Å². The first-order valence-corrected chi connectivity index (χ1v) is 6.69. The van der Waals surface area contributed by atoms with E-state index in [1.807, 2.05) is 0 Å². The summed E-state index contributed by atoms with van der Waals surface area (Å²) in [5, 5.41) is 0.864. The van der Waals surface area contributed by atoms with Crippen molar-refractivity contribution >= 4 is 29.1 Å². The molecule has 1 atom stereocenters. The van der Waals surface area contributed by atoms with Crippen LogP contribution in [0.5, 0.6) is 0 Å². The van der Waals surface area contributed by atoms with Crippen molar-refractivity contribution in [3.8, 4) is 11.1 Å². The van der Waals surface area contributed by atoms with Gasteiger partial charge < -0.3 is 5.73 Å². The normalized spacial score (nSPS) is 12.2. The molecule has 0 heterocycles. The standard InChI is InChI=1S/C15H12Cl2FNO/c1-8(15(19)20)9-2-3-13(14(18)6-9)10-4-11(16)7-12(17)5-10/h2-8H,1H3,(H2,19,20)/t8-/m1/s1. The fourth-order valence-electron chi connectivity index (χ4n) is 1.91. The number of benzene rings is 2. The van der Waals surface area contributed by atoms with E-state index in [2.05, 4.69) is 0 Å². The molecular weight excluding hydrogens is 300 g/mol. The van der Waals surface area contributed by atoms with Crippen molar-refractivity contribution in [1.29, 1.82) is 0 Å². The van der Waals surface area contributed by atoms with Crippen LogP contribution in [0.15, 0.2) is 36.4 Å². The Kier molecular flexibility index (Phi) is 4.31. The van der Waals surface area contributed by atoms with Crippen molar-refractivity contribution in [3.05, 3.63) is 57.8 Å². The van der Waals surface area contributed by atoms with Crippen LogP contribution in [0.25, 0.3) is 11.1 Å². The van der Waals surface area contributed by atoms with Crippen molar-refractivity contribution in [2.24, 2.45) is 5.73 Å². The van der Waals surface area contributed by atoms with Gasteiger partial charge in [0, 0.05) is 15.6 Å². The highest BCUT2D eigenvalue weighted by molar-refractivity contribution is 6.35. The van der Waals surface area contributed by atoms with Crippen molar-refractivity contribution in [1.82, 2.24) is 0 Å². The molecule has 2 N–H and O–H groups in total. The van der Waals surface area contributed by atoms with E-state index in [4.69, 9.17) is 28.9 Å². The molecule has 0 spiro atoms. The van der Waals surface area contributed by atoms with Crippen molar-refractivity contribution in [2.75, 3.05) is 0 Å². The fraction of sp³-hybridized carbons (Fsp3) is 0.133. The fourth-order valence-corrected chi connectivity index (χ4v) is 2.43. The number of hydrogen-bond acceptors (Lipinski definition) is 1. The number of hydrogen-bond donors (Lipinski definition) is 1. The molecule has 104 valence electrons. The van der Waals surface area contributed by atoms with E-state index >= 15 is 0 Å². The lowest BCUT2D eigenvalue weighted by Crippen LogP contribution is -2.18. The SMILES string of the molecule is C[C@@H](C(N)=O)c1ccc(-c2cc(Cl)cc(Cl)c2)c(F)c1. The van der Waals surface area contributed by atoms with E-state index in [1.165, 1.54) is 6.07 Å². The first kappa shape index (κ1) is 14.8. The van der Waals surface area contributed by atoms with Crippen LogP contribution in [0.4, 0.5) is 4.39 Å². The third kappa shape index (κ3) is 3.11. The summed E-state index contributed by atoms with van der Waals surface area (Å²) in [7, 11) is 0. The lowest BCUT2D eigenvalue weighted by Gasteiger charge is -2.10. The molecule has 0 aliphatic carbocycles. The Morgan fingerprint density at radius 1 is 1.15 bits per heavy atom. The van der Waals surface area contributed by atoms with E-state index < -0.39 is 17.6 Å². The Bertz CT molecular complexity index is 653. The smallest absolute Gasteiger partial charge is 0.224 e. The second-order valence-electron chi connectivity index (χ2n) is 4.52. The summed E-state index contributed by atoms with van der Waals surface area (Å²) >= 11 is 11.8.